The first-order valence-corrected chi connectivity index (χ1v) is 6.87. The third kappa shape index (κ3) is 2.04. The first-order valence-electron chi connectivity index (χ1n) is 4.85. The number of rotatable bonds is 1. The average molecular weight is 302 g/mol. The summed E-state index contributed by atoms with van der Waals surface area (Å²) in [7, 11) is 1.87. The zero-order valence-electron chi connectivity index (χ0n) is 9.11. The van der Waals surface area contributed by atoms with E-state index in [4.69, 9.17) is 0 Å². The van der Waals surface area contributed by atoms with Crippen LogP contribution in [0.2, 0.25) is 0 Å². The van der Waals surface area contributed by atoms with Gasteiger partial charge in [0.1, 0.15) is 5.69 Å². The first kappa shape index (κ1) is 11.7. The molecule has 1 aliphatic rings. The molecule has 1 aliphatic heterocycles. The maximum absolute atomic E-state index is 12.2. The van der Waals surface area contributed by atoms with Crippen molar-refractivity contribution in [2.75, 3.05) is 19.3 Å². The van der Waals surface area contributed by atoms with Gasteiger partial charge in [-0.3, -0.25) is 14.7 Å². The van der Waals surface area contributed by atoms with Crippen LogP contribution in [-0.2, 0) is 7.05 Å². The number of nitrogens with zero attached hydrogens (tertiary/aromatic N) is 3. The number of amidine groups is 1. The number of thioether (sulfide) groups is 1. The molecule has 0 fully saturated rings. The lowest BCUT2D eigenvalue weighted by molar-refractivity contribution is 0.0852. The van der Waals surface area contributed by atoms with Crippen LogP contribution in [-0.4, -0.2) is 39.9 Å². The van der Waals surface area contributed by atoms with Gasteiger partial charge in [-0.1, -0.05) is 11.8 Å². The minimum atomic E-state index is 0.0128. The number of aryl methyl sites for hydroxylation is 1. The molecule has 0 aliphatic carbocycles. The second-order valence-corrected chi connectivity index (χ2v) is 5.17. The van der Waals surface area contributed by atoms with Crippen molar-refractivity contribution in [1.82, 2.24) is 9.47 Å². The van der Waals surface area contributed by atoms with Crippen molar-refractivity contribution in [2.24, 2.45) is 12.0 Å². The van der Waals surface area contributed by atoms with E-state index in [0.717, 1.165) is 9.64 Å². The highest BCUT2D eigenvalue weighted by atomic mass is 79.9. The molecule has 0 bridgehead atoms. The molecule has 16 heavy (non-hydrogen) atoms. The summed E-state index contributed by atoms with van der Waals surface area (Å²) in [5, 5.41) is 0.808. The van der Waals surface area contributed by atoms with Gasteiger partial charge in [0.15, 0.2) is 5.17 Å². The Morgan fingerprint density at radius 2 is 2.38 bits per heavy atom. The molecule has 6 heteroatoms. The summed E-state index contributed by atoms with van der Waals surface area (Å²) in [6.07, 6.45) is 3.81. The maximum Gasteiger partial charge on any atom is 0.276 e. The van der Waals surface area contributed by atoms with Gasteiger partial charge in [-0.2, -0.15) is 0 Å². The largest absolute Gasteiger partial charge is 0.345 e. The molecule has 0 N–H and O–H groups in total. The molecule has 86 valence electrons. The van der Waals surface area contributed by atoms with Gasteiger partial charge in [0.2, 0.25) is 0 Å². The Hall–Kier alpha value is -0.750. The Morgan fingerprint density at radius 3 is 2.94 bits per heavy atom. The zero-order valence-corrected chi connectivity index (χ0v) is 11.5. The van der Waals surface area contributed by atoms with Crippen LogP contribution in [0, 0.1) is 0 Å². The van der Waals surface area contributed by atoms with Gasteiger partial charge in [0.05, 0.1) is 6.54 Å². The molecule has 1 aromatic rings. The van der Waals surface area contributed by atoms with Gasteiger partial charge in [-0.05, 0) is 28.3 Å². The highest BCUT2D eigenvalue weighted by molar-refractivity contribution is 9.10. The summed E-state index contributed by atoms with van der Waals surface area (Å²) >= 11 is 4.88. The molecule has 0 saturated carbocycles. The average Bonchev–Trinajstić information content (AvgIpc) is 2.83. The van der Waals surface area contributed by atoms with Crippen LogP contribution >= 0.6 is 27.7 Å². The first-order chi connectivity index (χ1) is 7.63. The van der Waals surface area contributed by atoms with E-state index in [1.807, 2.05) is 30.1 Å². The monoisotopic (exact) mass is 301 g/mol. The minimum Gasteiger partial charge on any atom is -0.345 e. The van der Waals surface area contributed by atoms with Gasteiger partial charge >= 0.3 is 0 Å². The van der Waals surface area contributed by atoms with Crippen LogP contribution in [0.1, 0.15) is 10.5 Å². The molecule has 0 saturated heterocycles. The summed E-state index contributed by atoms with van der Waals surface area (Å²) in [6, 6.07) is 1.83. The third-order valence-corrected chi connectivity index (χ3v) is 3.57. The second kappa shape index (κ2) is 4.63. The van der Waals surface area contributed by atoms with Crippen LogP contribution < -0.4 is 0 Å². The fourth-order valence-corrected chi connectivity index (χ4v) is 2.80. The molecule has 0 radical (unpaired) electrons. The molecule has 1 amide bonds. The van der Waals surface area contributed by atoms with Crippen molar-refractivity contribution in [3.63, 3.8) is 0 Å². The number of aliphatic imine (C=N–C) groups is 1. The number of hydrogen-bond donors (Lipinski definition) is 0. The molecule has 4 nitrogen and oxygen atoms in total. The predicted octanol–water partition coefficient (Wildman–Crippen LogP) is 1.96. The van der Waals surface area contributed by atoms with E-state index in [0.29, 0.717) is 18.8 Å². The molecule has 2 heterocycles. The van der Waals surface area contributed by atoms with Crippen molar-refractivity contribution >= 4 is 38.8 Å². The number of aromatic nitrogens is 1. The summed E-state index contributed by atoms with van der Waals surface area (Å²) < 4.78 is 2.74. The van der Waals surface area contributed by atoms with E-state index in [1.54, 1.807) is 4.90 Å². The summed E-state index contributed by atoms with van der Waals surface area (Å²) in [6.45, 7) is 1.38. The quantitative estimate of drug-likeness (QED) is 0.795. The SMILES string of the molecule is CSC1=NCCN1C(=O)c1cc(Br)cn1C. The Kier molecular flexibility index (Phi) is 3.39. The van der Waals surface area contributed by atoms with Crippen LogP contribution in [0.25, 0.3) is 0 Å². The number of hydrogen-bond acceptors (Lipinski definition) is 3. The van der Waals surface area contributed by atoms with E-state index in [-0.39, 0.29) is 5.91 Å². The van der Waals surface area contributed by atoms with E-state index >= 15 is 0 Å². The number of carbonyl (C=O) groups is 1. The topological polar surface area (TPSA) is 37.6 Å². The number of amides is 1. The number of halogens is 1. The summed E-state index contributed by atoms with van der Waals surface area (Å²) in [5.41, 5.74) is 0.676. The van der Waals surface area contributed by atoms with Crippen LogP contribution in [0.4, 0.5) is 0 Å². The lowest BCUT2D eigenvalue weighted by Crippen LogP contribution is -2.33. The Morgan fingerprint density at radius 1 is 1.62 bits per heavy atom. The van der Waals surface area contributed by atoms with Gasteiger partial charge in [0, 0.05) is 24.3 Å². The van der Waals surface area contributed by atoms with Gasteiger partial charge < -0.3 is 4.57 Å². The van der Waals surface area contributed by atoms with E-state index in [9.17, 15) is 4.79 Å². The van der Waals surface area contributed by atoms with Crippen LogP contribution in [0.3, 0.4) is 0 Å². The van der Waals surface area contributed by atoms with Crippen molar-refractivity contribution < 1.29 is 4.79 Å². The van der Waals surface area contributed by atoms with E-state index < -0.39 is 0 Å². The summed E-state index contributed by atoms with van der Waals surface area (Å²) in [4.78, 5) is 18.3. The Balaban J connectivity index is 2.26. The fourth-order valence-electron chi connectivity index (χ4n) is 1.66. The van der Waals surface area contributed by atoms with Crippen molar-refractivity contribution in [3.05, 3.63) is 22.4 Å². The lowest BCUT2D eigenvalue weighted by Gasteiger charge is -2.16. The number of carbonyl (C=O) groups excluding carboxylic acids is 1. The minimum absolute atomic E-state index is 0.0128. The third-order valence-electron chi connectivity index (χ3n) is 2.42. The molecule has 1 aromatic heterocycles. The van der Waals surface area contributed by atoms with E-state index in [1.165, 1.54) is 11.8 Å². The van der Waals surface area contributed by atoms with E-state index in [2.05, 4.69) is 20.9 Å². The normalized spacial score (nSPS) is 15.4. The molecular weight excluding hydrogens is 290 g/mol. The lowest BCUT2D eigenvalue weighted by atomic mass is 10.3. The Labute approximate surface area is 107 Å². The maximum atomic E-state index is 12.2. The fraction of sp³-hybridized carbons (Fsp3) is 0.400. The van der Waals surface area contributed by atoms with Crippen molar-refractivity contribution in [3.8, 4) is 0 Å². The predicted molar refractivity (Wildman–Crippen MR) is 70.0 cm³/mol. The standard InChI is InChI=1S/C10H12BrN3OS/c1-13-6-7(11)5-8(13)9(15)14-4-3-12-10(14)16-2/h5-6H,3-4H2,1-2H3. The highest BCUT2D eigenvalue weighted by Crippen LogP contribution is 2.19. The zero-order chi connectivity index (χ0) is 11.7. The summed E-state index contributed by atoms with van der Waals surface area (Å²) in [5.74, 6) is 0.0128. The van der Waals surface area contributed by atoms with Crippen molar-refractivity contribution in [2.45, 2.75) is 0 Å². The van der Waals surface area contributed by atoms with Gasteiger partial charge in [0.25, 0.3) is 5.91 Å². The molecule has 0 aromatic carbocycles. The Bertz CT molecular complexity index is 455. The molecule has 0 unspecified atom stereocenters. The van der Waals surface area contributed by atoms with Crippen molar-refractivity contribution in [1.29, 1.82) is 0 Å². The smallest absolute Gasteiger partial charge is 0.276 e. The molecule has 0 spiro atoms. The highest BCUT2D eigenvalue weighted by Gasteiger charge is 2.25. The van der Waals surface area contributed by atoms with Gasteiger partial charge in [-0.15, -0.1) is 0 Å². The molecular formula is C10H12BrN3OS. The van der Waals surface area contributed by atoms with Crippen LogP contribution in [0.15, 0.2) is 21.7 Å². The van der Waals surface area contributed by atoms with Gasteiger partial charge in [-0.25, -0.2) is 0 Å². The second-order valence-electron chi connectivity index (χ2n) is 3.48. The van der Waals surface area contributed by atoms with Crippen LogP contribution in [0.5, 0.6) is 0 Å². The molecule has 2 rings (SSSR count). The molecule has 0 atom stereocenters.